The van der Waals surface area contributed by atoms with Gasteiger partial charge in [-0.3, -0.25) is 9.78 Å². The van der Waals surface area contributed by atoms with E-state index in [1.165, 1.54) is 0 Å². The lowest BCUT2D eigenvalue weighted by Crippen LogP contribution is -2.30. The molecule has 0 bridgehead atoms. The smallest absolute Gasteiger partial charge is 0.240 e. The summed E-state index contributed by atoms with van der Waals surface area (Å²) in [6.07, 6.45) is 1.73. The van der Waals surface area contributed by atoms with Crippen LogP contribution in [0.15, 0.2) is 72.9 Å². The van der Waals surface area contributed by atoms with Gasteiger partial charge >= 0.3 is 0 Å². The van der Waals surface area contributed by atoms with E-state index in [1.54, 1.807) is 17.5 Å². The van der Waals surface area contributed by atoms with Gasteiger partial charge in [-0.25, -0.2) is 9.97 Å². The first-order valence-corrected chi connectivity index (χ1v) is 10.5. The normalized spacial score (nSPS) is 12.3. The molecular formula is C23H19N5OS. The van der Waals surface area contributed by atoms with Crippen LogP contribution in [0.5, 0.6) is 0 Å². The van der Waals surface area contributed by atoms with Crippen LogP contribution in [0.3, 0.4) is 0 Å². The van der Waals surface area contributed by atoms with Crippen LogP contribution in [0.4, 0.5) is 0 Å². The Morgan fingerprint density at radius 2 is 1.77 bits per heavy atom. The number of para-hydroxylation sites is 3. The van der Waals surface area contributed by atoms with Crippen molar-refractivity contribution < 1.29 is 4.79 Å². The third-order valence-electron chi connectivity index (χ3n) is 4.91. The number of pyridine rings is 1. The SMILES string of the molecule is C[C@@H](NC(=O)Cn1c(-c2ccccn2)nc2ccccc21)c1nc2ccccc2s1. The zero-order valence-corrected chi connectivity index (χ0v) is 17.1. The Morgan fingerprint density at radius 3 is 2.57 bits per heavy atom. The van der Waals surface area contributed by atoms with Crippen LogP contribution in [-0.4, -0.2) is 25.4 Å². The third-order valence-corrected chi connectivity index (χ3v) is 6.13. The molecule has 0 aliphatic rings. The molecule has 0 aliphatic carbocycles. The van der Waals surface area contributed by atoms with Gasteiger partial charge in [0.05, 0.1) is 27.3 Å². The van der Waals surface area contributed by atoms with E-state index in [0.29, 0.717) is 5.82 Å². The van der Waals surface area contributed by atoms with Crippen molar-refractivity contribution in [2.24, 2.45) is 0 Å². The Balaban J connectivity index is 1.43. The quantitative estimate of drug-likeness (QED) is 0.458. The van der Waals surface area contributed by atoms with Crippen LogP contribution in [0.2, 0.25) is 0 Å². The first kappa shape index (κ1) is 18.4. The zero-order valence-electron chi connectivity index (χ0n) is 16.3. The summed E-state index contributed by atoms with van der Waals surface area (Å²) in [6, 6.07) is 21.3. The fourth-order valence-corrected chi connectivity index (χ4v) is 4.46. The molecule has 0 unspecified atom stereocenters. The lowest BCUT2D eigenvalue weighted by Gasteiger charge is -2.13. The van der Waals surface area contributed by atoms with E-state index in [0.717, 1.165) is 32.0 Å². The molecule has 0 saturated heterocycles. The molecule has 148 valence electrons. The Kier molecular flexibility index (Phi) is 4.72. The predicted octanol–water partition coefficient (Wildman–Crippen LogP) is 4.59. The monoisotopic (exact) mass is 413 g/mol. The summed E-state index contributed by atoms with van der Waals surface area (Å²) < 4.78 is 3.03. The molecule has 7 heteroatoms. The molecular weight excluding hydrogens is 394 g/mol. The molecule has 6 nitrogen and oxygen atoms in total. The highest BCUT2D eigenvalue weighted by Gasteiger charge is 2.18. The number of nitrogens with zero attached hydrogens (tertiary/aromatic N) is 4. The van der Waals surface area contributed by atoms with Crippen LogP contribution < -0.4 is 5.32 Å². The van der Waals surface area contributed by atoms with Gasteiger partial charge in [0.15, 0.2) is 5.82 Å². The molecule has 0 radical (unpaired) electrons. The molecule has 3 aromatic heterocycles. The number of fused-ring (bicyclic) bond motifs is 2. The lowest BCUT2D eigenvalue weighted by molar-refractivity contribution is -0.122. The van der Waals surface area contributed by atoms with Gasteiger partial charge in [-0.05, 0) is 43.3 Å². The van der Waals surface area contributed by atoms with Crippen LogP contribution in [0.25, 0.3) is 32.8 Å². The van der Waals surface area contributed by atoms with Gasteiger partial charge in [0.1, 0.15) is 17.2 Å². The average molecular weight is 414 g/mol. The molecule has 0 fully saturated rings. The maximum absolute atomic E-state index is 12.9. The van der Waals surface area contributed by atoms with Crippen LogP contribution in [0, 0.1) is 0 Å². The largest absolute Gasteiger partial charge is 0.346 e. The second-order valence-electron chi connectivity index (χ2n) is 7.03. The fraction of sp³-hybridized carbons (Fsp3) is 0.130. The van der Waals surface area contributed by atoms with Crippen molar-refractivity contribution >= 4 is 38.5 Å². The van der Waals surface area contributed by atoms with Gasteiger partial charge in [-0.1, -0.05) is 30.3 Å². The maximum atomic E-state index is 12.9. The number of amides is 1. The van der Waals surface area contributed by atoms with E-state index >= 15 is 0 Å². The first-order chi connectivity index (χ1) is 14.7. The number of rotatable bonds is 5. The zero-order chi connectivity index (χ0) is 20.5. The summed E-state index contributed by atoms with van der Waals surface area (Å²) in [4.78, 5) is 26.7. The molecule has 2 aromatic carbocycles. The van der Waals surface area contributed by atoms with Gasteiger partial charge in [0, 0.05) is 6.20 Å². The molecule has 30 heavy (non-hydrogen) atoms. The first-order valence-electron chi connectivity index (χ1n) is 9.70. The fourth-order valence-electron chi connectivity index (χ4n) is 3.49. The van der Waals surface area contributed by atoms with E-state index in [1.807, 2.05) is 78.2 Å². The molecule has 5 rings (SSSR count). The molecule has 3 heterocycles. The highest BCUT2D eigenvalue weighted by atomic mass is 32.1. The summed E-state index contributed by atoms with van der Waals surface area (Å²) in [5.41, 5.74) is 3.43. The number of nitrogens with one attached hydrogen (secondary N) is 1. The minimum absolute atomic E-state index is 0.0953. The van der Waals surface area contributed by atoms with Gasteiger partial charge in [-0.15, -0.1) is 11.3 Å². The number of hydrogen-bond donors (Lipinski definition) is 1. The highest BCUT2D eigenvalue weighted by molar-refractivity contribution is 7.18. The molecule has 5 aromatic rings. The van der Waals surface area contributed by atoms with E-state index < -0.39 is 0 Å². The molecule has 0 aliphatic heterocycles. The average Bonchev–Trinajstić information content (AvgIpc) is 3.36. The molecule has 1 N–H and O–H groups in total. The van der Waals surface area contributed by atoms with Gasteiger partial charge < -0.3 is 9.88 Å². The topological polar surface area (TPSA) is 72.7 Å². The standard InChI is InChI=1S/C23H19N5OS/c1-15(23-27-17-9-3-5-12-20(17)30-23)25-21(29)14-28-19-11-4-2-8-16(19)26-22(28)18-10-6-7-13-24-18/h2-13,15H,14H2,1H3,(H,25,29)/t15-/m1/s1. The predicted molar refractivity (Wildman–Crippen MR) is 119 cm³/mol. The van der Waals surface area contributed by atoms with E-state index in [9.17, 15) is 4.79 Å². The second-order valence-corrected chi connectivity index (χ2v) is 8.10. The van der Waals surface area contributed by atoms with Gasteiger partial charge in [0.25, 0.3) is 0 Å². The Labute approximate surface area is 177 Å². The van der Waals surface area contributed by atoms with E-state index in [2.05, 4.69) is 15.3 Å². The minimum atomic E-state index is -0.178. The summed E-state index contributed by atoms with van der Waals surface area (Å²) in [5.74, 6) is 0.585. The molecule has 1 amide bonds. The number of thiazole rings is 1. The Hall–Kier alpha value is -3.58. The van der Waals surface area contributed by atoms with Crippen LogP contribution in [0.1, 0.15) is 18.0 Å². The number of carbonyl (C=O) groups is 1. The summed E-state index contributed by atoms with van der Waals surface area (Å²) in [5, 5.41) is 3.97. The number of hydrogen-bond acceptors (Lipinski definition) is 5. The Morgan fingerprint density at radius 1 is 1.00 bits per heavy atom. The van der Waals surface area contributed by atoms with Crippen molar-refractivity contribution in [2.75, 3.05) is 0 Å². The second kappa shape index (κ2) is 7.68. The van der Waals surface area contributed by atoms with Crippen molar-refractivity contribution in [1.82, 2.24) is 24.8 Å². The third kappa shape index (κ3) is 3.44. The Bertz CT molecular complexity index is 1310. The van der Waals surface area contributed by atoms with Crippen LogP contribution in [-0.2, 0) is 11.3 Å². The highest BCUT2D eigenvalue weighted by Crippen LogP contribution is 2.27. The van der Waals surface area contributed by atoms with Gasteiger partial charge in [-0.2, -0.15) is 0 Å². The minimum Gasteiger partial charge on any atom is -0.346 e. The van der Waals surface area contributed by atoms with E-state index in [-0.39, 0.29) is 18.5 Å². The number of benzene rings is 2. The molecule has 0 spiro atoms. The number of imidazole rings is 1. The van der Waals surface area contributed by atoms with Crippen molar-refractivity contribution in [3.8, 4) is 11.5 Å². The molecule has 1 atom stereocenters. The number of aromatic nitrogens is 4. The summed E-state index contributed by atoms with van der Waals surface area (Å²) >= 11 is 1.60. The van der Waals surface area contributed by atoms with Crippen LogP contribution >= 0.6 is 11.3 Å². The number of carbonyl (C=O) groups excluding carboxylic acids is 1. The van der Waals surface area contributed by atoms with Crippen molar-refractivity contribution in [1.29, 1.82) is 0 Å². The van der Waals surface area contributed by atoms with E-state index in [4.69, 9.17) is 4.98 Å². The lowest BCUT2D eigenvalue weighted by atomic mass is 10.3. The maximum Gasteiger partial charge on any atom is 0.240 e. The van der Waals surface area contributed by atoms with Crippen molar-refractivity contribution in [3.63, 3.8) is 0 Å². The summed E-state index contributed by atoms with van der Waals surface area (Å²) in [6.45, 7) is 2.11. The summed E-state index contributed by atoms with van der Waals surface area (Å²) in [7, 11) is 0. The van der Waals surface area contributed by atoms with Crippen molar-refractivity contribution in [2.45, 2.75) is 19.5 Å². The molecule has 0 saturated carbocycles. The van der Waals surface area contributed by atoms with Gasteiger partial charge in [0.2, 0.25) is 5.91 Å². The van der Waals surface area contributed by atoms with Crippen molar-refractivity contribution in [3.05, 3.63) is 77.9 Å².